The Morgan fingerprint density at radius 3 is 1.91 bits per heavy atom. The number of carboxylic acids is 1. The van der Waals surface area contributed by atoms with E-state index in [2.05, 4.69) is 19.1 Å². The van der Waals surface area contributed by atoms with E-state index in [1.54, 1.807) is 0 Å². The molecule has 32 heavy (non-hydrogen) atoms. The Balaban J connectivity index is 2.34. The topological polar surface area (TPSA) is 72.8 Å². The van der Waals surface area contributed by atoms with E-state index in [1.165, 1.54) is 57.4 Å². The minimum absolute atomic E-state index is 0.124. The Morgan fingerprint density at radius 2 is 1.34 bits per heavy atom. The molecule has 0 saturated heterocycles. The van der Waals surface area contributed by atoms with Gasteiger partial charge in [-0.25, -0.2) is 0 Å². The summed E-state index contributed by atoms with van der Waals surface area (Å²) in [6.45, 7) is 4.22. The zero-order chi connectivity index (χ0) is 23.4. The molecule has 0 fully saturated rings. The molecule has 0 amide bonds. The number of carboxylic acid groups (broad SMARTS) is 1. The molecule has 0 aliphatic rings. The van der Waals surface area contributed by atoms with Crippen molar-refractivity contribution < 1.29 is 24.2 Å². The predicted molar refractivity (Wildman–Crippen MR) is 129 cm³/mol. The molecule has 182 valence electrons. The summed E-state index contributed by atoms with van der Waals surface area (Å²) in [4.78, 5) is 22.1. The summed E-state index contributed by atoms with van der Waals surface area (Å²) >= 11 is 0. The van der Waals surface area contributed by atoms with Crippen LogP contribution in [0.4, 0.5) is 0 Å². The van der Waals surface area contributed by atoms with E-state index in [4.69, 9.17) is 14.6 Å². The van der Waals surface area contributed by atoms with E-state index >= 15 is 0 Å². The number of carbonyl (C=O) groups is 2. The highest BCUT2D eigenvalue weighted by molar-refractivity contribution is 5.69. The SMILES string of the molecule is CCCCCCCCCC(CCCCCC(CC(=O)O)OC(C)=O)OCc1ccccc1. The number of hydrogen-bond acceptors (Lipinski definition) is 4. The van der Waals surface area contributed by atoms with Gasteiger partial charge in [0.15, 0.2) is 0 Å². The largest absolute Gasteiger partial charge is 0.481 e. The fraction of sp³-hybridized carbons (Fsp3) is 0.704. The van der Waals surface area contributed by atoms with Crippen molar-refractivity contribution in [1.82, 2.24) is 0 Å². The zero-order valence-corrected chi connectivity index (χ0v) is 20.2. The van der Waals surface area contributed by atoms with Gasteiger partial charge in [-0.2, -0.15) is 0 Å². The lowest BCUT2D eigenvalue weighted by molar-refractivity contribution is -0.151. The van der Waals surface area contributed by atoms with Gasteiger partial charge in [0.2, 0.25) is 0 Å². The van der Waals surface area contributed by atoms with Crippen LogP contribution >= 0.6 is 0 Å². The number of aliphatic carboxylic acids is 1. The van der Waals surface area contributed by atoms with Gasteiger partial charge in [-0.3, -0.25) is 9.59 Å². The number of unbranched alkanes of at least 4 members (excludes halogenated alkanes) is 8. The summed E-state index contributed by atoms with van der Waals surface area (Å²) in [5, 5.41) is 8.98. The molecule has 5 nitrogen and oxygen atoms in total. The standard InChI is InChI=1S/C27H44O5/c1-3-4-5-6-7-8-13-18-25(31-22-24-16-11-9-12-17-24)19-14-10-15-20-26(21-27(29)30)32-23(2)28/h9,11-12,16-17,25-26H,3-8,10,13-15,18-22H2,1-2H3,(H,29,30). The molecular weight excluding hydrogens is 404 g/mol. The van der Waals surface area contributed by atoms with Crippen LogP contribution in [0.2, 0.25) is 0 Å². The molecule has 1 N–H and O–H groups in total. The van der Waals surface area contributed by atoms with Crippen molar-refractivity contribution in [3.63, 3.8) is 0 Å². The second-order valence-electron chi connectivity index (χ2n) is 8.80. The Bertz CT molecular complexity index is 585. The summed E-state index contributed by atoms with van der Waals surface area (Å²) in [7, 11) is 0. The molecule has 2 unspecified atom stereocenters. The molecular formula is C27H44O5. The maximum absolute atomic E-state index is 11.2. The zero-order valence-electron chi connectivity index (χ0n) is 20.2. The molecule has 0 aliphatic heterocycles. The number of ether oxygens (including phenoxy) is 2. The maximum Gasteiger partial charge on any atom is 0.307 e. The molecule has 1 rings (SSSR count). The highest BCUT2D eigenvalue weighted by Gasteiger charge is 2.16. The molecule has 1 aromatic rings. The van der Waals surface area contributed by atoms with Crippen LogP contribution in [0.3, 0.4) is 0 Å². The van der Waals surface area contributed by atoms with Crippen LogP contribution in [0.1, 0.15) is 109 Å². The second-order valence-corrected chi connectivity index (χ2v) is 8.80. The molecule has 0 radical (unpaired) electrons. The lowest BCUT2D eigenvalue weighted by atomic mass is 10.0. The van der Waals surface area contributed by atoms with Crippen LogP contribution in [0.5, 0.6) is 0 Å². The van der Waals surface area contributed by atoms with Crippen molar-refractivity contribution in [2.45, 2.75) is 123 Å². The Labute approximate surface area is 194 Å². The van der Waals surface area contributed by atoms with Crippen molar-refractivity contribution in [2.75, 3.05) is 0 Å². The average Bonchev–Trinajstić information content (AvgIpc) is 2.75. The molecule has 0 aromatic heterocycles. The first-order valence-electron chi connectivity index (χ1n) is 12.6. The van der Waals surface area contributed by atoms with Gasteiger partial charge in [-0.05, 0) is 31.2 Å². The van der Waals surface area contributed by atoms with E-state index < -0.39 is 18.0 Å². The first-order chi connectivity index (χ1) is 15.5. The third-order valence-corrected chi connectivity index (χ3v) is 5.75. The molecule has 1 aromatic carbocycles. The van der Waals surface area contributed by atoms with Crippen molar-refractivity contribution in [1.29, 1.82) is 0 Å². The highest BCUT2D eigenvalue weighted by Crippen LogP contribution is 2.19. The van der Waals surface area contributed by atoms with Crippen LogP contribution < -0.4 is 0 Å². The lowest BCUT2D eigenvalue weighted by Gasteiger charge is -2.19. The highest BCUT2D eigenvalue weighted by atomic mass is 16.5. The monoisotopic (exact) mass is 448 g/mol. The first kappa shape index (κ1) is 28.2. The predicted octanol–water partition coefficient (Wildman–Crippen LogP) is 7.07. The van der Waals surface area contributed by atoms with Gasteiger partial charge in [-0.1, -0.05) is 95.0 Å². The van der Waals surface area contributed by atoms with E-state index in [9.17, 15) is 9.59 Å². The van der Waals surface area contributed by atoms with Gasteiger partial charge < -0.3 is 14.6 Å². The van der Waals surface area contributed by atoms with Crippen molar-refractivity contribution in [2.24, 2.45) is 0 Å². The summed E-state index contributed by atoms with van der Waals surface area (Å²) in [6, 6.07) is 10.3. The van der Waals surface area contributed by atoms with Crippen LogP contribution in [-0.4, -0.2) is 29.3 Å². The van der Waals surface area contributed by atoms with Crippen LogP contribution in [0.25, 0.3) is 0 Å². The Morgan fingerprint density at radius 1 is 0.812 bits per heavy atom. The van der Waals surface area contributed by atoms with Gasteiger partial charge in [0.05, 0.1) is 19.1 Å². The molecule has 0 saturated carbocycles. The van der Waals surface area contributed by atoms with Crippen LogP contribution in [0.15, 0.2) is 30.3 Å². The average molecular weight is 449 g/mol. The number of hydrogen-bond donors (Lipinski definition) is 1. The minimum Gasteiger partial charge on any atom is -0.481 e. The molecule has 0 bridgehead atoms. The number of carbonyl (C=O) groups excluding carboxylic acids is 1. The Kier molecular flexibility index (Phi) is 16.4. The molecule has 0 aliphatic carbocycles. The number of rotatable bonds is 20. The van der Waals surface area contributed by atoms with Gasteiger partial charge >= 0.3 is 11.9 Å². The molecule has 0 heterocycles. The van der Waals surface area contributed by atoms with Crippen LogP contribution in [-0.2, 0) is 25.7 Å². The fourth-order valence-electron chi connectivity index (χ4n) is 3.98. The molecule has 2 atom stereocenters. The summed E-state index contributed by atoms with van der Waals surface area (Å²) < 4.78 is 11.4. The third kappa shape index (κ3) is 15.9. The summed E-state index contributed by atoms with van der Waals surface area (Å²) in [5.74, 6) is -1.35. The van der Waals surface area contributed by atoms with Crippen molar-refractivity contribution in [3.05, 3.63) is 35.9 Å². The first-order valence-corrected chi connectivity index (χ1v) is 12.6. The van der Waals surface area contributed by atoms with E-state index in [-0.39, 0.29) is 12.5 Å². The van der Waals surface area contributed by atoms with E-state index in [0.29, 0.717) is 13.0 Å². The van der Waals surface area contributed by atoms with Gasteiger partial charge in [0, 0.05) is 6.92 Å². The Hall–Kier alpha value is -1.88. The third-order valence-electron chi connectivity index (χ3n) is 5.75. The number of esters is 1. The van der Waals surface area contributed by atoms with Gasteiger partial charge in [-0.15, -0.1) is 0 Å². The van der Waals surface area contributed by atoms with E-state index in [1.807, 2.05) is 18.2 Å². The normalized spacial score (nSPS) is 12.9. The van der Waals surface area contributed by atoms with E-state index in [0.717, 1.165) is 32.1 Å². The molecule has 5 heteroatoms. The fourth-order valence-corrected chi connectivity index (χ4v) is 3.98. The summed E-state index contributed by atoms with van der Waals surface area (Å²) in [5.41, 5.74) is 1.20. The maximum atomic E-state index is 11.2. The van der Waals surface area contributed by atoms with Gasteiger partial charge in [0.25, 0.3) is 0 Å². The summed E-state index contributed by atoms with van der Waals surface area (Å²) in [6.07, 6.45) is 14.3. The number of benzene rings is 1. The lowest BCUT2D eigenvalue weighted by Crippen LogP contribution is -2.20. The quantitative estimate of drug-likeness (QED) is 0.171. The molecule has 0 spiro atoms. The van der Waals surface area contributed by atoms with Crippen LogP contribution in [0, 0.1) is 0 Å². The van der Waals surface area contributed by atoms with Gasteiger partial charge in [0.1, 0.15) is 6.10 Å². The smallest absolute Gasteiger partial charge is 0.307 e. The minimum atomic E-state index is -0.930. The second kappa shape index (κ2) is 18.7. The van der Waals surface area contributed by atoms with Crippen molar-refractivity contribution >= 4 is 11.9 Å². The van der Waals surface area contributed by atoms with Crippen molar-refractivity contribution in [3.8, 4) is 0 Å².